The Hall–Kier alpha value is -1.25. The highest BCUT2D eigenvalue weighted by Gasteiger charge is 2.36. The van der Waals surface area contributed by atoms with Gasteiger partial charge in [-0.05, 0) is 39.5 Å². The molecule has 0 bridgehead atoms. The number of rotatable bonds is 3. The Balaban J connectivity index is 2.19. The molecule has 0 amide bonds. The van der Waals surface area contributed by atoms with Crippen molar-refractivity contribution in [2.75, 3.05) is 0 Å². The molecule has 1 saturated heterocycles. The summed E-state index contributed by atoms with van der Waals surface area (Å²) in [5, 5.41) is 0. The molecule has 2 rings (SSSR count). The van der Waals surface area contributed by atoms with E-state index in [0.29, 0.717) is 5.92 Å². The number of carbonyl (C=O) groups is 1. The molecule has 94 valence electrons. The summed E-state index contributed by atoms with van der Waals surface area (Å²) in [7, 11) is 0. The lowest BCUT2D eigenvalue weighted by Gasteiger charge is -2.21. The topological polar surface area (TPSA) is 35.5 Å². The van der Waals surface area contributed by atoms with Gasteiger partial charge in [-0.3, -0.25) is 0 Å². The van der Waals surface area contributed by atoms with E-state index >= 15 is 0 Å². The Bertz CT molecular complexity index is 354. The number of fused-ring (bicyclic) bond motifs is 1. The van der Waals surface area contributed by atoms with Crippen LogP contribution < -0.4 is 0 Å². The Morgan fingerprint density at radius 2 is 2.35 bits per heavy atom. The minimum absolute atomic E-state index is 0.0648. The van der Waals surface area contributed by atoms with Crippen molar-refractivity contribution in [3.05, 3.63) is 24.0 Å². The van der Waals surface area contributed by atoms with Gasteiger partial charge < -0.3 is 9.47 Å². The van der Waals surface area contributed by atoms with Crippen LogP contribution in [-0.2, 0) is 14.3 Å². The molecule has 3 heteroatoms. The number of carbonyl (C=O) groups excluding carboxylic acids is 1. The van der Waals surface area contributed by atoms with Crippen LogP contribution in [0.3, 0.4) is 0 Å². The van der Waals surface area contributed by atoms with E-state index in [-0.39, 0.29) is 18.2 Å². The smallest absolute Gasteiger partial charge is 0.337 e. The van der Waals surface area contributed by atoms with Crippen molar-refractivity contribution in [2.45, 2.75) is 51.7 Å². The van der Waals surface area contributed by atoms with Gasteiger partial charge in [-0.1, -0.05) is 12.7 Å². The monoisotopic (exact) mass is 236 g/mol. The Kier molecular flexibility index (Phi) is 3.55. The molecule has 0 saturated carbocycles. The van der Waals surface area contributed by atoms with Crippen molar-refractivity contribution < 1.29 is 14.3 Å². The standard InChI is InChI=1S/C14H20O3/c1-4-11-8-10-6-5-7-12(13(10)17-11)14(15)16-9(2)3/h4,9-11H,1,5-8H2,2-3H3/t10-,11+/m1/s1. The van der Waals surface area contributed by atoms with E-state index in [2.05, 4.69) is 6.58 Å². The fourth-order valence-corrected chi connectivity index (χ4v) is 2.54. The van der Waals surface area contributed by atoms with Crippen molar-refractivity contribution in [2.24, 2.45) is 5.92 Å². The third-order valence-corrected chi connectivity index (χ3v) is 3.29. The molecule has 0 spiro atoms. The van der Waals surface area contributed by atoms with E-state index in [1.54, 1.807) is 0 Å². The normalized spacial score (nSPS) is 27.7. The lowest BCUT2D eigenvalue weighted by molar-refractivity contribution is -0.143. The van der Waals surface area contributed by atoms with E-state index in [0.717, 1.165) is 37.0 Å². The van der Waals surface area contributed by atoms with Crippen molar-refractivity contribution in [3.63, 3.8) is 0 Å². The number of hydrogen-bond acceptors (Lipinski definition) is 3. The maximum Gasteiger partial charge on any atom is 0.337 e. The third kappa shape index (κ3) is 2.54. The highest BCUT2D eigenvalue weighted by molar-refractivity contribution is 5.89. The average Bonchev–Trinajstić information content (AvgIpc) is 2.70. The van der Waals surface area contributed by atoms with Crippen LogP contribution in [0.1, 0.15) is 39.5 Å². The summed E-state index contributed by atoms with van der Waals surface area (Å²) in [5.41, 5.74) is 0.749. The van der Waals surface area contributed by atoms with Gasteiger partial charge in [0.2, 0.25) is 0 Å². The van der Waals surface area contributed by atoms with Gasteiger partial charge in [0.25, 0.3) is 0 Å². The summed E-state index contributed by atoms with van der Waals surface area (Å²) in [4.78, 5) is 12.0. The number of esters is 1. The Morgan fingerprint density at radius 3 is 3.00 bits per heavy atom. The summed E-state index contributed by atoms with van der Waals surface area (Å²) < 4.78 is 11.1. The largest absolute Gasteiger partial charge is 0.490 e. The first-order valence-corrected chi connectivity index (χ1v) is 6.35. The molecule has 2 atom stereocenters. The molecule has 3 nitrogen and oxygen atoms in total. The van der Waals surface area contributed by atoms with E-state index in [1.165, 1.54) is 0 Å². The highest BCUT2D eigenvalue weighted by atomic mass is 16.5. The number of allylic oxidation sites excluding steroid dienone is 1. The molecule has 1 aliphatic carbocycles. The first-order valence-electron chi connectivity index (χ1n) is 6.35. The fraction of sp³-hybridized carbons (Fsp3) is 0.643. The maximum absolute atomic E-state index is 12.0. The average molecular weight is 236 g/mol. The summed E-state index contributed by atoms with van der Waals surface area (Å²) in [6.07, 6.45) is 5.69. The van der Waals surface area contributed by atoms with Gasteiger partial charge in [0, 0.05) is 5.92 Å². The van der Waals surface area contributed by atoms with E-state index in [1.807, 2.05) is 19.9 Å². The van der Waals surface area contributed by atoms with Crippen LogP contribution in [0.2, 0.25) is 0 Å². The molecule has 0 aromatic carbocycles. The highest BCUT2D eigenvalue weighted by Crippen LogP contribution is 2.41. The predicted octanol–water partition coefficient (Wildman–Crippen LogP) is 2.97. The second-order valence-corrected chi connectivity index (χ2v) is 5.01. The SMILES string of the molecule is C=C[C@H]1C[C@H]2CCCC(C(=O)OC(C)C)=C2O1. The van der Waals surface area contributed by atoms with Gasteiger partial charge >= 0.3 is 5.97 Å². The molecular formula is C14H20O3. The Labute approximate surface area is 102 Å². The quantitative estimate of drug-likeness (QED) is 0.558. The van der Waals surface area contributed by atoms with Gasteiger partial charge in [0.15, 0.2) is 0 Å². The van der Waals surface area contributed by atoms with Crippen LogP contribution in [0.25, 0.3) is 0 Å². The van der Waals surface area contributed by atoms with Crippen molar-refractivity contribution >= 4 is 5.97 Å². The Morgan fingerprint density at radius 1 is 1.59 bits per heavy atom. The summed E-state index contributed by atoms with van der Waals surface area (Å²) in [6, 6.07) is 0. The molecule has 0 unspecified atom stereocenters. The predicted molar refractivity (Wildman–Crippen MR) is 65.3 cm³/mol. The maximum atomic E-state index is 12.0. The van der Waals surface area contributed by atoms with Crippen LogP contribution in [0.5, 0.6) is 0 Å². The lowest BCUT2D eigenvalue weighted by Crippen LogP contribution is -2.19. The fourth-order valence-electron chi connectivity index (χ4n) is 2.54. The van der Waals surface area contributed by atoms with Gasteiger partial charge in [0.05, 0.1) is 11.7 Å². The number of hydrogen-bond donors (Lipinski definition) is 0. The molecule has 1 heterocycles. The number of ether oxygens (including phenoxy) is 2. The van der Waals surface area contributed by atoms with Gasteiger partial charge in [-0.2, -0.15) is 0 Å². The molecule has 1 aliphatic heterocycles. The first-order chi connectivity index (χ1) is 8.11. The first kappa shape index (κ1) is 12.2. The molecule has 1 fully saturated rings. The van der Waals surface area contributed by atoms with Gasteiger partial charge in [0.1, 0.15) is 11.9 Å². The molecule has 0 radical (unpaired) electrons. The minimum atomic E-state index is -0.204. The molecule has 17 heavy (non-hydrogen) atoms. The molecule has 0 aromatic rings. The molecule has 0 aromatic heterocycles. The third-order valence-electron chi connectivity index (χ3n) is 3.29. The molecule has 2 aliphatic rings. The summed E-state index contributed by atoms with van der Waals surface area (Å²) >= 11 is 0. The molecule has 0 N–H and O–H groups in total. The van der Waals surface area contributed by atoms with Crippen LogP contribution >= 0.6 is 0 Å². The van der Waals surface area contributed by atoms with Crippen LogP contribution in [0.4, 0.5) is 0 Å². The van der Waals surface area contributed by atoms with Crippen LogP contribution in [0, 0.1) is 5.92 Å². The zero-order valence-corrected chi connectivity index (χ0v) is 10.6. The van der Waals surface area contributed by atoms with Crippen molar-refractivity contribution in [1.29, 1.82) is 0 Å². The van der Waals surface area contributed by atoms with Crippen LogP contribution in [0.15, 0.2) is 24.0 Å². The zero-order chi connectivity index (χ0) is 12.4. The van der Waals surface area contributed by atoms with E-state index < -0.39 is 0 Å². The van der Waals surface area contributed by atoms with Gasteiger partial charge in [-0.25, -0.2) is 4.79 Å². The second kappa shape index (κ2) is 4.94. The zero-order valence-electron chi connectivity index (χ0n) is 10.6. The summed E-state index contributed by atoms with van der Waals surface area (Å²) in [5.74, 6) is 1.05. The van der Waals surface area contributed by atoms with Gasteiger partial charge in [-0.15, -0.1) is 0 Å². The second-order valence-electron chi connectivity index (χ2n) is 5.01. The van der Waals surface area contributed by atoms with Crippen molar-refractivity contribution in [1.82, 2.24) is 0 Å². The van der Waals surface area contributed by atoms with Crippen molar-refractivity contribution in [3.8, 4) is 0 Å². The van der Waals surface area contributed by atoms with E-state index in [9.17, 15) is 4.79 Å². The van der Waals surface area contributed by atoms with Crippen LogP contribution in [-0.4, -0.2) is 18.2 Å². The van der Waals surface area contributed by atoms with E-state index in [4.69, 9.17) is 9.47 Å². The summed E-state index contributed by atoms with van der Waals surface area (Å²) in [6.45, 7) is 7.49. The minimum Gasteiger partial charge on any atom is -0.490 e. The molecular weight excluding hydrogens is 216 g/mol. The lowest BCUT2D eigenvalue weighted by atomic mass is 9.87.